The molecule has 17 heavy (non-hydrogen) atoms. The first-order valence-corrected chi connectivity index (χ1v) is 7.57. The Morgan fingerprint density at radius 1 is 1.53 bits per heavy atom. The third kappa shape index (κ3) is 3.92. The quantitative estimate of drug-likeness (QED) is 0.928. The highest BCUT2D eigenvalue weighted by Gasteiger charge is 2.18. The Morgan fingerprint density at radius 2 is 2.18 bits per heavy atom. The summed E-state index contributed by atoms with van der Waals surface area (Å²) in [6.07, 6.45) is 0. The van der Waals surface area contributed by atoms with Crippen LogP contribution in [0.4, 0.5) is 5.69 Å². The monoisotopic (exact) mass is 317 g/mol. The van der Waals surface area contributed by atoms with Gasteiger partial charge in [-0.15, -0.1) is 0 Å². The molecular weight excluding hydrogens is 302 g/mol. The number of amides is 1. The van der Waals surface area contributed by atoms with Crippen molar-refractivity contribution in [3.05, 3.63) is 28.2 Å². The summed E-state index contributed by atoms with van der Waals surface area (Å²) in [6, 6.07) is 5.58. The second-order valence-electron chi connectivity index (χ2n) is 3.76. The van der Waals surface area contributed by atoms with E-state index in [1.165, 1.54) is 0 Å². The van der Waals surface area contributed by atoms with Crippen molar-refractivity contribution in [1.29, 1.82) is 0 Å². The number of rotatable bonds is 4. The van der Waals surface area contributed by atoms with Crippen molar-refractivity contribution in [2.45, 2.75) is 26.0 Å². The molecule has 94 valence electrons. The number of carbonyl (C=O) groups excluding carboxylic acids is 1. The maximum Gasteiger partial charge on any atom is 0.239 e. The topological polar surface area (TPSA) is 46.2 Å². The van der Waals surface area contributed by atoms with Gasteiger partial charge in [-0.25, -0.2) is 0 Å². The molecule has 0 heterocycles. The average Bonchev–Trinajstić information content (AvgIpc) is 2.31. The normalized spacial score (nSPS) is 14.1. The van der Waals surface area contributed by atoms with Gasteiger partial charge in [0.2, 0.25) is 5.91 Å². The Labute approximate surface area is 113 Å². The standard InChI is InChI=1S/C12H16BrNO2S/c1-4-17(16)9(3)12(15)14-10-5-6-11(13)8(2)7-10/h5-7,9H,4H2,1-3H3,(H,14,15)/t9-,17-/m0/s1. The highest BCUT2D eigenvalue weighted by Crippen LogP contribution is 2.20. The van der Waals surface area contributed by atoms with Gasteiger partial charge >= 0.3 is 0 Å². The minimum Gasteiger partial charge on any atom is -0.325 e. The second kappa shape index (κ2) is 6.31. The van der Waals surface area contributed by atoms with Gasteiger partial charge in [-0.3, -0.25) is 9.00 Å². The van der Waals surface area contributed by atoms with E-state index in [9.17, 15) is 9.00 Å². The fourth-order valence-corrected chi connectivity index (χ4v) is 2.38. The Balaban J connectivity index is 2.74. The maximum atomic E-state index is 11.8. The largest absolute Gasteiger partial charge is 0.325 e. The van der Waals surface area contributed by atoms with Crippen LogP contribution < -0.4 is 5.32 Å². The number of hydrogen-bond donors (Lipinski definition) is 1. The van der Waals surface area contributed by atoms with Crippen molar-refractivity contribution < 1.29 is 9.00 Å². The first-order chi connectivity index (χ1) is 7.95. The van der Waals surface area contributed by atoms with Crippen molar-refractivity contribution in [2.24, 2.45) is 0 Å². The van der Waals surface area contributed by atoms with Crippen molar-refractivity contribution in [3.63, 3.8) is 0 Å². The van der Waals surface area contributed by atoms with E-state index in [1.807, 2.05) is 32.0 Å². The first-order valence-electron chi connectivity index (χ1n) is 5.40. The Bertz CT molecular complexity index is 448. The van der Waals surface area contributed by atoms with E-state index < -0.39 is 16.0 Å². The predicted octanol–water partition coefficient (Wildman–Crippen LogP) is 2.85. The molecule has 3 nitrogen and oxygen atoms in total. The molecule has 0 unspecified atom stereocenters. The zero-order chi connectivity index (χ0) is 13.0. The summed E-state index contributed by atoms with van der Waals surface area (Å²) in [7, 11) is -1.11. The van der Waals surface area contributed by atoms with Crippen LogP contribution in [0.1, 0.15) is 19.4 Å². The molecule has 0 fully saturated rings. The smallest absolute Gasteiger partial charge is 0.239 e. The van der Waals surface area contributed by atoms with E-state index in [-0.39, 0.29) is 5.91 Å². The van der Waals surface area contributed by atoms with Gasteiger partial charge in [0.15, 0.2) is 0 Å². The SMILES string of the molecule is CC[S@](=O)[C@@H](C)C(=O)Nc1ccc(Br)c(C)c1. The molecule has 2 atom stereocenters. The van der Waals surface area contributed by atoms with Crippen LogP contribution in [0.5, 0.6) is 0 Å². The minimum absolute atomic E-state index is 0.202. The molecule has 0 aliphatic heterocycles. The molecule has 1 amide bonds. The number of anilines is 1. The lowest BCUT2D eigenvalue weighted by Crippen LogP contribution is -2.29. The molecule has 0 aromatic heterocycles. The van der Waals surface area contributed by atoms with Gasteiger partial charge in [0.05, 0.1) is 0 Å². The van der Waals surface area contributed by atoms with E-state index in [0.717, 1.165) is 15.7 Å². The number of hydrogen-bond acceptors (Lipinski definition) is 2. The second-order valence-corrected chi connectivity index (χ2v) is 6.67. The van der Waals surface area contributed by atoms with E-state index in [1.54, 1.807) is 6.92 Å². The molecule has 0 bridgehead atoms. The van der Waals surface area contributed by atoms with Gasteiger partial charge < -0.3 is 5.32 Å². The van der Waals surface area contributed by atoms with Gasteiger partial charge in [0.25, 0.3) is 0 Å². The van der Waals surface area contributed by atoms with Crippen LogP contribution in [0.25, 0.3) is 0 Å². The molecule has 0 saturated heterocycles. The number of halogens is 1. The van der Waals surface area contributed by atoms with Crippen molar-refractivity contribution in [1.82, 2.24) is 0 Å². The fourth-order valence-electron chi connectivity index (χ4n) is 1.34. The number of aryl methyl sites for hydroxylation is 1. The third-order valence-electron chi connectivity index (χ3n) is 2.47. The lowest BCUT2D eigenvalue weighted by molar-refractivity contribution is -0.115. The zero-order valence-electron chi connectivity index (χ0n) is 10.1. The van der Waals surface area contributed by atoms with Crippen LogP contribution in [-0.2, 0) is 15.6 Å². The molecule has 0 spiro atoms. The van der Waals surface area contributed by atoms with Crippen LogP contribution in [0.2, 0.25) is 0 Å². The summed E-state index contributed by atoms with van der Waals surface area (Å²) < 4.78 is 12.5. The third-order valence-corrected chi connectivity index (χ3v) is 4.94. The highest BCUT2D eigenvalue weighted by molar-refractivity contribution is 9.10. The Hall–Kier alpha value is -0.680. The molecule has 0 aliphatic carbocycles. The lowest BCUT2D eigenvalue weighted by atomic mass is 10.2. The highest BCUT2D eigenvalue weighted by atomic mass is 79.9. The fraction of sp³-hybridized carbons (Fsp3) is 0.417. The van der Waals surface area contributed by atoms with Crippen molar-refractivity contribution in [2.75, 3.05) is 11.1 Å². The number of nitrogens with one attached hydrogen (secondary N) is 1. The van der Waals surface area contributed by atoms with E-state index in [2.05, 4.69) is 21.2 Å². The zero-order valence-corrected chi connectivity index (χ0v) is 12.5. The molecule has 0 aliphatic rings. The molecular formula is C12H16BrNO2S. The number of carbonyl (C=O) groups is 1. The Morgan fingerprint density at radius 3 is 2.71 bits per heavy atom. The molecule has 1 aromatic carbocycles. The number of benzene rings is 1. The van der Waals surface area contributed by atoms with Crippen molar-refractivity contribution in [3.8, 4) is 0 Å². The molecule has 5 heteroatoms. The van der Waals surface area contributed by atoms with Crippen LogP contribution in [0.3, 0.4) is 0 Å². The van der Waals surface area contributed by atoms with E-state index in [0.29, 0.717) is 5.75 Å². The van der Waals surface area contributed by atoms with E-state index in [4.69, 9.17) is 0 Å². The van der Waals surface area contributed by atoms with Gasteiger partial charge in [-0.1, -0.05) is 22.9 Å². The summed E-state index contributed by atoms with van der Waals surface area (Å²) in [4.78, 5) is 11.8. The van der Waals surface area contributed by atoms with Gasteiger partial charge in [-0.05, 0) is 37.6 Å². The molecule has 0 saturated carbocycles. The first kappa shape index (κ1) is 14.4. The summed E-state index contributed by atoms with van der Waals surface area (Å²) in [5, 5.41) is 2.29. The summed E-state index contributed by atoms with van der Waals surface area (Å²) in [6.45, 7) is 5.44. The Kier molecular flexibility index (Phi) is 5.33. The van der Waals surface area contributed by atoms with Crippen molar-refractivity contribution >= 4 is 38.3 Å². The molecule has 0 radical (unpaired) electrons. The lowest BCUT2D eigenvalue weighted by Gasteiger charge is -2.11. The summed E-state index contributed by atoms with van der Waals surface area (Å²) in [5.41, 5.74) is 1.78. The summed E-state index contributed by atoms with van der Waals surface area (Å²) >= 11 is 3.40. The van der Waals surface area contributed by atoms with Gasteiger partial charge in [-0.2, -0.15) is 0 Å². The van der Waals surface area contributed by atoms with Crippen LogP contribution >= 0.6 is 15.9 Å². The van der Waals surface area contributed by atoms with Gasteiger partial charge in [0, 0.05) is 26.7 Å². The molecule has 1 N–H and O–H groups in total. The molecule has 1 aromatic rings. The van der Waals surface area contributed by atoms with E-state index >= 15 is 0 Å². The molecule has 1 rings (SSSR count). The van der Waals surface area contributed by atoms with Crippen LogP contribution in [0.15, 0.2) is 22.7 Å². The average molecular weight is 318 g/mol. The maximum absolute atomic E-state index is 11.8. The summed E-state index contributed by atoms with van der Waals surface area (Å²) in [5.74, 6) is 0.292. The minimum atomic E-state index is -1.11. The van der Waals surface area contributed by atoms with Gasteiger partial charge in [0.1, 0.15) is 5.25 Å². The predicted molar refractivity (Wildman–Crippen MR) is 75.7 cm³/mol. The van der Waals surface area contributed by atoms with Crippen LogP contribution in [0, 0.1) is 6.92 Å². The van der Waals surface area contributed by atoms with Crippen LogP contribution in [-0.4, -0.2) is 21.1 Å².